The van der Waals surface area contributed by atoms with Gasteiger partial charge in [-0.05, 0) is 56.9 Å². The lowest BCUT2D eigenvalue weighted by Crippen LogP contribution is -2.40. The van der Waals surface area contributed by atoms with Crippen molar-refractivity contribution in [3.8, 4) is 0 Å². The van der Waals surface area contributed by atoms with Crippen LogP contribution < -0.4 is 0 Å². The summed E-state index contributed by atoms with van der Waals surface area (Å²) in [5.41, 5.74) is 1.35. The van der Waals surface area contributed by atoms with Crippen molar-refractivity contribution in [1.82, 2.24) is 4.31 Å². The lowest BCUT2D eigenvalue weighted by atomic mass is 10.1. The zero-order valence-corrected chi connectivity index (χ0v) is 18.4. The second-order valence-corrected chi connectivity index (χ2v) is 11.7. The van der Waals surface area contributed by atoms with Crippen LogP contribution in [0.15, 0.2) is 88.3 Å². The van der Waals surface area contributed by atoms with Gasteiger partial charge in [0.15, 0.2) is 9.84 Å². The van der Waals surface area contributed by atoms with Gasteiger partial charge in [0.05, 0.1) is 15.8 Å². The van der Waals surface area contributed by atoms with E-state index < -0.39 is 25.1 Å². The maximum Gasteiger partial charge on any atom is 0.264 e. The van der Waals surface area contributed by atoms with E-state index in [9.17, 15) is 16.8 Å². The number of sulfonamides is 1. The minimum absolute atomic E-state index is 0.185. The molecule has 2 bridgehead atoms. The molecule has 0 unspecified atom stereocenters. The predicted octanol–water partition coefficient (Wildman–Crippen LogP) is 4.22. The van der Waals surface area contributed by atoms with E-state index >= 15 is 0 Å². The molecule has 4 rings (SSSR count). The fourth-order valence-corrected chi connectivity index (χ4v) is 7.79. The van der Waals surface area contributed by atoms with Gasteiger partial charge in [0.2, 0.25) is 0 Å². The summed E-state index contributed by atoms with van der Waals surface area (Å²) in [5, 5.41) is -0.909. The molecule has 2 atom stereocenters. The maximum absolute atomic E-state index is 13.6. The van der Waals surface area contributed by atoms with Crippen molar-refractivity contribution in [3.05, 3.63) is 84.1 Å². The molecule has 2 aliphatic heterocycles. The van der Waals surface area contributed by atoms with E-state index in [1.807, 2.05) is 19.1 Å². The summed E-state index contributed by atoms with van der Waals surface area (Å²) in [6.07, 6.45) is 7.73. The molecule has 0 N–H and O–H groups in total. The van der Waals surface area contributed by atoms with E-state index in [1.165, 1.54) is 4.31 Å². The molecule has 2 aromatic rings. The van der Waals surface area contributed by atoms with Crippen LogP contribution in [0.3, 0.4) is 0 Å². The quantitative estimate of drug-likeness (QED) is 0.663. The van der Waals surface area contributed by atoms with Gasteiger partial charge in [0.25, 0.3) is 10.0 Å². The molecule has 5 nitrogen and oxygen atoms in total. The monoisotopic (exact) mass is 443 g/mol. The molecule has 2 heterocycles. The van der Waals surface area contributed by atoms with Gasteiger partial charge in [-0.25, -0.2) is 16.8 Å². The molecule has 2 aliphatic rings. The van der Waals surface area contributed by atoms with E-state index in [-0.39, 0.29) is 15.8 Å². The standard InChI is InChI=1S/C23H25NO4S2/c1-18-12-15-21(16-13-18)30(27,28)24-19-8-4-2-7-11-23(22(24)17-14-19)29(25,26)20-9-5-3-6-10-20/h2-6,9-10,12-13,15-17,19,23H,7-8,11,14H2,1H3/b4-2+/t19-,23-/m0/s1. The molecule has 0 amide bonds. The first kappa shape index (κ1) is 20.9. The SMILES string of the molecule is Cc1ccc(S(=O)(=O)N2C3=CC[C@@H]2C/C=C/CC[C@@H]3S(=O)(=O)c2ccccc2)cc1. The average Bonchev–Trinajstić information content (AvgIpc) is 3.19. The second kappa shape index (κ2) is 8.04. The molecule has 7 heteroatoms. The first-order chi connectivity index (χ1) is 14.3. The molecular weight excluding hydrogens is 418 g/mol. The summed E-state index contributed by atoms with van der Waals surface area (Å²) in [7, 11) is -7.62. The van der Waals surface area contributed by atoms with Crippen molar-refractivity contribution >= 4 is 19.9 Å². The fourth-order valence-electron chi connectivity index (χ4n) is 4.13. The second-order valence-electron chi connectivity index (χ2n) is 7.76. The molecule has 0 spiro atoms. The fraction of sp³-hybridized carbons (Fsp3) is 0.304. The van der Waals surface area contributed by atoms with Crippen LogP contribution >= 0.6 is 0 Å². The summed E-state index contributed by atoms with van der Waals surface area (Å²) in [5.74, 6) is 0. The number of benzene rings is 2. The molecular formula is C23H25NO4S2. The van der Waals surface area contributed by atoms with Gasteiger partial charge in [-0.15, -0.1) is 0 Å². The van der Waals surface area contributed by atoms with Gasteiger partial charge >= 0.3 is 0 Å². The van der Waals surface area contributed by atoms with Crippen LogP contribution in [-0.2, 0) is 19.9 Å². The molecule has 2 aromatic carbocycles. The van der Waals surface area contributed by atoms with Crippen molar-refractivity contribution in [1.29, 1.82) is 0 Å². The molecule has 30 heavy (non-hydrogen) atoms. The average molecular weight is 444 g/mol. The largest absolute Gasteiger partial charge is 0.265 e. The Labute approximate surface area is 178 Å². The van der Waals surface area contributed by atoms with E-state index in [4.69, 9.17) is 0 Å². The summed E-state index contributed by atoms with van der Waals surface area (Å²) in [6.45, 7) is 1.90. The van der Waals surface area contributed by atoms with Crippen molar-refractivity contribution in [3.63, 3.8) is 0 Å². The third-order valence-electron chi connectivity index (χ3n) is 5.71. The van der Waals surface area contributed by atoms with Crippen LogP contribution in [0.2, 0.25) is 0 Å². The van der Waals surface area contributed by atoms with Crippen LogP contribution in [0, 0.1) is 6.92 Å². The number of hydrogen-bond acceptors (Lipinski definition) is 4. The predicted molar refractivity (Wildman–Crippen MR) is 117 cm³/mol. The van der Waals surface area contributed by atoms with E-state index in [0.29, 0.717) is 31.4 Å². The zero-order valence-electron chi connectivity index (χ0n) is 16.8. The smallest absolute Gasteiger partial charge is 0.264 e. The summed E-state index contributed by atoms with van der Waals surface area (Å²) >= 11 is 0. The zero-order chi connectivity index (χ0) is 21.4. The number of nitrogens with zero attached hydrogens (tertiary/aromatic N) is 1. The molecule has 0 aliphatic carbocycles. The molecule has 0 saturated heterocycles. The molecule has 0 radical (unpaired) electrons. The third-order valence-corrected chi connectivity index (χ3v) is 9.76. The summed E-state index contributed by atoms with van der Waals surface area (Å²) in [6, 6.07) is 14.7. The Hall–Kier alpha value is -2.38. The van der Waals surface area contributed by atoms with E-state index in [2.05, 4.69) is 0 Å². The van der Waals surface area contributed by atoms with Gasteiger partial charge in [-0.1, -0.05) is 54.1 Å². The number of hydrogen-bond donors (Lipinski definition) is 0. The molecule has 0 saturated carbocycles. The Morgan fingerprint density at radius 2 is 1.53 bits per heavy atom. The van der Waals surface area contributed by atoms with Gasteiger partial charge < -0.3 is 0 Å². The van der Waals surface area contributed by atoms with Crippen LogP contribution in [-0.4, -0.2) is 32.4 Å². The Kier molecular flexibility index (Phi) is 5.59. The highest BCUT2D eigenvalue weighted by Crippen LogP contribution is 2.39. The first-order valence-electron chi connectivity index (χ1n) is 10.1. The van der Waals surface area contributed by atoms with Crippen molar-refractivity contribution in [2.24, 2.45) is 0 Å². The molecule has 158 valence electrons. The Bertz CT molecular complexity index is 1180. The minimum atomic E-state index is -3.88. The number of allylic oxidation sites excluding steroid dienone is 1. The molecule has 0 fully saturated rings. The normalized spacial score (nSPS) is 23.2. The molecule has 0 aromatic heterocycles. The maximum atomic E-state index is 13.6. The highest BCUT2D eigenvalue weighted by atomic mass is 32.2. The van der Waals surface area contributed by atoms with Crippen LogP contribution in [0.25, 0.3) is 0 Å². The number of sulfone groups is 1. The Morgan fingerprint density at radius 3 is 2.23 bits per heavy atom. The van der Waals surface area contributed by atoms with Crippen molar-refractivity contribution < 1.29 is 16.8 Å². The highest BCUT2D eigenvalue weighted by molar-refractivity contribution is 7.92. The van der Waals surface area contributed by atoms with Gasteiger partial charge in [-0.3, -0.25) is 4.31 Å². The number of rotatable bonds is 4. The third kappa shape index (κ3) is 3.72. The van der Waals surface area contributed by atoms with Crippen LogP contribution in [0.5, 0.6) is 0 Å². The van der Waals surface area contributed by atoms with E-state index in [0.717, 1.165) is 5.56 Å². The summed E-state index contributed by atoms with van der Waals surface area (Å²) in [4.78, 5) is 0.403. The highest BCUT2D eigenvalue weighted by Gasteiger charge is 2.43. The van der Waals surface area contributed by atoms with Crippen molar-refractivity contribution in [2.75, 3.05) is 0 Å². The van der Waals surface area contributed by atoms with Gasteiger partial charge in [0.1, 0.15) is 5.25 Å². The van der Waals surface area contributed by atoms with Crippen molar-refractivity contribution in [2.45, 2.75) is 53.7 Å². The number of fused-ring (bicyclic) bond motifs is 2. The van der Waals surface area contributed by atoms with Crippen LogP contribution in [0.1, 0.15) is 31.2 Å². The Morgan fingerprint density at radius 1 is 0.833 bits per heavy atom. The Balaban J connectivity index is 1.82. The lowest BCUT2D eigenvalue weighted by Gasteiger charge is -2.32. The topological polar surface area (TPSA) is 71.5 Å². The summed E-state index contributed by atoms with van der Waals surface area (Å²) < 4.78 is 55.6. The van der Waals surface area contributed by atoms with Gasteiger partial charge in [0, 0.05) is 5.70 Å². The lowest BCUT2D eigenvalue weighted by molar-refractivity contribution is 0.396. The van der Waals surface area contributed by atoms with Crippen LogP contribution in [0.4, 0.5) is 0 Å². The van der Waals surface area contributed by atoms with Gasteiger partial charge in [-0.2, -0.15) is 0 Å². The van der Waals surface area contributed by atoms with E-state index in [1.54, 1.807) is 60.7 Å². The minimum Gasteiger partial charge on any atom is -0.265 e. The number of aryl methyl sites for hydroxylation is 1. The first-order valence-corrected chi connectivity index (χ1v) is 13.1.